The van der Waals surface area contributed by atoms with E-state index in [-0.39, 0.29) is 30.1 Å². The van der Waals surface area contributed by atoms with Crippen LogP contribution in [0.25, 0.3) is 16.9 Å². The maximum atomic E-state index is 14.8. The van der Waals surface area contributed by atoms with Crippen LogP contribution in [0.3, 0.4) is 0 Å². The highest BCUT2D eigenvalue weighted by Gasteiger charge is 2.35. The molecule has 1 fully saturated rings. The Morgan fingerprint density at radius 2 is 1.73 bits per heavy atom. The van der Waals surface area contributed by atoms with Crippen LogP contribution < -0.4 is 10.6 Å². The largest absolute Gasteiger partial charge is 0.391 e. The van der Waals surface area contributed by atoms with Gasteiger partial charge in [0.25, 0.3) is 0 Å². The number of hydrogen-bond acceptors (Lipinski definition) is 7. The molecular formula is C42H59N7O3. The second kappa shape index (κ2) is 19.1. The first-order chi connectivity index (χ1) is 25.1. The van der Waals surface area contributed by atoms with Crippen molar-refractivity contribution < 1.29 is 14.7 Å². The fraction of sp³-hybridized carbons (Fsp3) is 0.571. The highest BCUT2D eigenvalue weighted by atomic mass is 16.3. The molecule has 0 aliphatic heterocycles. The van der Waals surface area contributed by atoms with Gasteiger partial charge in [-0.25, -0.2) is 4.98 Å². The number of nitrogens with one attached hydrogen (secondary N) is 2. The van der Waals surface area contributed by atoms with Gasteiger partial charge in [0.15, 0.2) is 5.65 Å². The van der Waals surface area contributed by atoms with Gasteiger partial charge in [-0.05, 0) is 61.5 Å². The summed E-state index contributed by atoms with van der Waals surface area (Å²) in [5, 5.41) is 27.7. The second-order valence-electron chi connectivity index (χ2n) is 15.6. The van der Waals surface area contributed by atoms with E-state index in [0.717, 1.165) is 61.0 Å². The summed E-state index contributed by atoms with van der Waals surface area (Å²) in [7, 11) is 0. The third-order valence-corrected chi connectivity index (χ3v) is 10.5. The SMILES string of the molecule is CCCCNC(=O)C(C[C@H](O)[C@H](CC1CCCCC1)NC(=O)C(Cc1cccnc1)c1nnc2c(CC(C)C)nc(-c3ccccc3)cn12)C(C)C. The summed E-state index contributed by atoms with van der Waals surface area (Å²) in [4.78, 5) is 37.4. The average molecular weight is 710 g/mol. The zero-order valence-corrected chi connectivity index (χ0v) is 31.8. The molecule has 1 aromatic carbocycles. The van der Waals surface area contributed by atoms with Gasteiger partial charge < -0.3 is 15.7 Å². The topological polar surface area (TPSA) is 134 Å². The minimum absolute atomic E-state index is 0.0327. The maximum Gasteiger partial charge on any atom is 0.231 e. The van der Waals surface area contributed by atoms with Crippen molar-refractivity contribution in [2.24, 2.45) is 23.7 Å². The molecule has 280 valence electrons. The lowest BCUT2D eigenvalue weighted by molar-refractivity contribution is -0.128. The molecule has 0 radical (unpaired) electrons. The molecule has 2 unspecified atom stereocenters. The predicted octanol–water partition coefficient (Wildman–Crippen LogP) is 7.11. The van der Waals surface area contributed by atoms with Crippen LogP contribution in [0.15, 0.2) is 61.1 Å². The van der Waals surface area contributed by atoms with Crippen molar-refractivity contribution in [1.82, 2.24) is 35.2 Å². The number of carbonyl (C=O) groups excluding carboxylic acids is 2. The average Bonchev–Trinajstić information content (AvgIpc) is 3.57. The van der Waals surface area contributed by atoms with Crippen LogP contribution in [0.5, 0.6) is 0 Å². The molecule has 1 aliphatic carbocycles. The number of amides is 2. The first kappa shape index (κ1) is 39.0. The summed E-state index contributed by atoms with van der Waals surface area (Å²) in [5.41, 5.74) is 4.12. The van der Waals surface area contributed by atoms with Crippen molar-refractivity contribution >= 4 is 17.5 Å². The first-order valence-electron chi connectivity index (χ1n) is 19.6. The molecule has 10 nitrogen and oxygen atoms in total. The molecule has 0 bridgehead atoms. The number of unbranched alkanes of at least 4 members (excludes halogenated alkanes) is 1. The summed E-state index contributed by atoms with van der Waals surface area (Å²) in [6.07, 6.45) is 14.1. The van der Waals surface area contributed by atoms with Gasteiger partial charge >= 0.3 is 0 Å². The van der Waals surface area contributed by atoms with Gasteiger partial charge in [0, 0.05) is 36.6 Å². The van der Waals surface area contributed by atoms with Crippen molar-refractivity contribution in [2.45, 2.75) is 123 Å². The maximum absolute atomic E-state index is 14.8. The zero-order chi connectivity index (χ0) is 37.0. The molecule has 3 heterocycles. The number of pyridine rings is 1. The Morgan fingerprint density at radius 3 is 2.40 bits per heavy atom. The van der Waals surface area contributed by atoms with Crippen LogP contribution >= 0.6 is 0 Å². The van der Waals surface area contributed by atoms with Gasteiger partial charge in [0.1, 0.15) is 11.7 Å². The Balaban J connectivity index is 1.51. The van der Waals surface area contributed by atoms with E-state index in [4.69, 9.17) is 10.1 Å². The number of carbonyl (C=O) groups is 2. The molecule has 4 aromatic rings. The Morgan fingerprint density at radius 1 is 0.962 bits per heavy atom. The van der Waals surface area contributed by atoms with E-state index >= 15 is 0 Å². The fourth-order valence-corrected chi connectivity index (χ4v) is 7.54. The van der Waals surface area contributed by atoms with E-state index < -0.39 is 18.1 Å². The molecule has 0 saturated heterocycles. The van der Waals surface area contributed by atoms with Crippen molar-refractivity contribution in [1.29, 1.82) is 0 Å². The van der Waals surface area contributed by atoms with Crippen molar-refractivity contribution in [3.63, 3.8) is 0 Å². The van der Waals surface area contributed by atoms with E-state index in [1.54, 1.807) is 12.4 Å². The third-order valence-electron chi connectivity index (χ3n) is 10.5. The monoisotopic (exact) mass is 709 g/mol. The van der Waals surface area contributed by atoms with E-state index in [0.29, 0.717) is 49.1 Å². The molecular weight excluding hydrogens is 651 g/mol. The van der Waals surface area contributed by atoms with Gasteiger partial charge in [0.05, 0.1) is 23.5 Å². The van der Waals surface area contributed by atoms with Crippen LogP contribution in [0.4, 0.5) is 0 Å². The van der Waals surface area contributed by atoms with Gasteiger partial charge in [-0.2, -0.15) is 0 Å². The molecule has 1 saturated carbocycles. The molecule has 4 atom stereocenters. The molecule has 3 N–H and O–H groups in total. The van der Waals surface area contributed by atoms with Crippen molar-refractivity contribution in [2.75, 3.05) is 6.54 Å². The van der Waals surface area contributed by atoms with Gasteiger partial charge in [-0.15, -0.1) is 10.2 Å². The third kappa shape index (κ3) is 10.5. The first-order valence-corrected chi connectivity index (χ1v) is 19.6. The van der Waals surface area contributed by atoms with E-state index in [1.165, 1.54) is 6.42 Å². The predicted molar refractivity (Wildman–Crippen MR) is 205 cm³/mol. The fourth-order valence-electron chi connectivity index (χ4n) is 7.54. The Kier molecular flexibility index (Phi) is 14.3. The van der Waals surface area contributed by atoms with Crippen LogP contribution in [-0.2, 0) is 22.4 Å². The summed E-state index contributed by atoms with van der Waals surface area (Å²) in [5.74, 6) is -0.0676. The van der Waals surface area contributed by atoms with E-state index in [2.05, 4.69) is 41.5 Å². The molecule has 0 spiro atoms. The van der Waals surface area contributed by atoms with Crippen LogP contribution in [-0.4, -0.2) is 60.2 Å². The number of aliphatic hydroxyl groups excluding tert-OH is 1. The highest BCUT2D eigenvalue weighted by Crippen LogP contribution is 2.31. The summed E-state index contributed by atoms with van der Waals surface area (Å²) >= 11 is 0. The number of rotatable bonds is 18. The molecule has 10 heteroatoms. The van der Waals surface area contributed by atoms with Gasteiger partial charge in [-0.1, -0.05) is 110 Å². The van der Waals surface area contributed by atoms with Crippen LogP contribution in [0.2, 0.25) is 0 Å². The summed E-state index contributed by atoms with van der Waals surface area (Å²) < 4.78 is 1.94. The normalized spacial score (nSPS) is 16.2. The zero-order valence-electron chi connectivity index (χ0n) is 31.8. The Labute approximate surface area is 309 Å². The molecule has 2 amide bonds. The van der Waals surface area contributed by atoms with Gasteiger partial charge in [0.2, 0.25) is 11.8 Å². The van der Waals surface area contributed by atoms with Crippen LogP contribution in [0.1, 0.15) is 115 Å². The van der Waals surface area contributed by atoms with E-state index in [9.17, 15) is 14.7 Å². The van der Waals surface area contributed by atoms with Crippen molar-refractivity contribution in [3.05, 3.63) is 78.1 Å². The number of nitrogens with zero attached hydrogens (tertiary/aromatic N) is 5. The van der Waals surface area contributed by atoms with E-state index in [1.807, 2.05) is 66.9 Å². The minimum Gasteiger partial charge on any atom is -0.391 e. The molecule has 5 rings (SSSR count). The molecule has 52 heavy (non-hydrogen) atoms. The van der Waals surface area contributed by atoms with Gasteiger partial charge in [-0.3, -0.25) is 19.0 Å². The van der Waals surface area contributed by atoms with Crippen LogP contribution in [0, 0.1) is 23.7 Å². The number of fused-ring (bicyclic) bond motifs is 1. The lowest BCUT2D eigenvalue weighted by Crippen LogP contribution is -2.48. The lowest BCUT2D eigenvalue weighted by atomic mass is 9.81. The molecule has 3 aromatic heterocycles. The minimum atomic E-state index is -0.893. The highest BCUT2D eigenvalue weighted by molar-refractivity contribution is 5.84. The smallest absolute Gasteiger partial charge is 0.231 e. The summed E-state index contributed by atoms with van der Waals surface area (Å²) in [6.45, 7) is 11.1. The number of aromatic nitrogens is 5. The Hall–Kier alpha value is -4.18. The number of aliphatic hydroxyl groups is 1. The second-order valence-corrected chi connectivity index (χ2v) is 15.6. The number of hydrogen-bond donors (Lipinski definition) is 3. The lowest BCUT2D eigenvalue weighted by Gasteiger charge is -2.33. The quantitative estimate of drug-likeness (QED) is 0.0938. The summed E-state index contributed by atoms with van der Waals surface area (Å²) in [6, 6.07) is 13.3. The number of benzene rings is 1. The van der Waals surface area contributed by atoms with Crippen molar-refractivity contribution in [3.8, 4) is 11.3 Å². The Bertz CT molecular complexity index is 1700. The molecule has 1 aliphatic rings. The standard InChI is InChI=1S/C42H59N7O3/c1-6-7-21-44-41(51)33(29(4)5)25-38(50)35(24-30-15-10-8-11-16-30)46-42(52)34(23-31-17-14-20-43-26-31)39-47-48-40-36(22-28(2)3)45-37(27-49(39)40)32-18-12-9-13-19-32/h9,12-14,17-20,26-30,33-35,38,50H,6-8,10-11,15-16,21-25H2,1-5H3,(H,44,51)(H,46,52)/t33?,34?,35-,38-/m0/s1.